The minimum absolute atomic E-state index is 0. The van der Waals surface area contributed by atoms with Gasteiger partial charge >= 0.3 is 0 Å². The van der Waals surface area contributed by atoms with Crippen molar-refractivity contribution in [2.24, 2.45) is 9.98 Å². The fourth-order valence-corrected chi connectivity index (χ4v) is 6.50. The van der Waals surface area contributed by atoms with E-state index in [0.717, 1.165) is 53.5 Å². The van der Waals surface area contributed by atoms with Crippen molar-refractivity contribution >= 4 is 22.5 Å². The minimum atomic E-state index is -4.02. The summed E-state index contributed by atoms with van der Waals surface area (Å²) in [6, 6.07) is 14.5. The Morgan fingerprint density at radius 3 is 1.25 bits per heavy atom. The molecule has 0 spiro atoms. The maximum Gasteiger partial charge on any atom is 0.294 e. The van der Waals surface area contributed by atoms with Crippen molar-refractivity contribution in [1.29, 1.82) is 0 Å². The Morgan fingerprint density at radius 2 is 0.962 bits per heavy atom. The number of hydrogen-bond donors (Lipinski definition) is 3. The first-order chi connectivity index (χ1) is 23.2. The summed E-state index contributed by atoms with van der Waals surface area (Å²) in [5.74, 6) is 0.637. The molecular formula is C43H62CoN2O5S. The molecule has 0 bridgehead atoms. The second-order valence-corrected chi connectivity index (χ2v) is 19.6. The van der Waals surface area contributed by atoms with Crippen LogP contribution in [0.1, 0.15) is 148 Å². The molecule has 1 aliphatic rings. The van der Waals surface area contributed by atoms with Crippen LogP contribution in [0.3, 0.4) is 0 Å². The molecule has 2 atom stereocenters. The summed E-state index contributed by atoms with van der Waals surface area (Å²) in [7, 11) is -4.02. The monoisotopic (exact) mass is 777 g/mol. The van der Waals surface area contributed by atoms with Crippen LogP contribution in [0.4, 0.5) is 0 Å². The van der Waals surface area contributed by atoms with E-state index in [1.165, 1.54) is 23.3 Å². The summed E-state index contributed by atoms with van der Waals surface area (Å²) in [6.07, 6.45) is 7.90. The first kappa shape index (κ1) is 45.2. The average molecular weight is 778 g/mol. The summed E-state index contributed by atoms with van der Waals surface area (Å²) in [5.41, 5.74) is 6.35. The van der Waals surface area contributed by atoms with Crippen LogP contribution in [0, 0.1) is 6.92 Å². The number of aliphatic imine (C=N–C) groups is 2. The van der Waals surface area contributed by atoms with Crippen molar-refractivity contribution in [3.63, 3.8) is 0 Å². The molecule has 1 saturated carbocycles. The molecular weight excluding hydrogens is 715 g/mol. The topological polar surface area (TPSA) is 120 Å². The van der Waals surface area contributed by atoms with E-state index in [4.69, 9.17) is 14.5 Å². The number of phenols is 2. The van der Waals surface area contributed by atoms with Crippen LogP contribution in [0.5, 0.6) is 11.5 Å². The number of nitrogens with zero attached hydrogens (tertiary/aromatic N) is 2. The molecule has 0 saturated heterocycles. The Labute approximate surface area is 324 Å². The molecule has 0 aliphatic heterocycles. The molecule has 3 aromatic rings. The number of phenolic OH excluding ortho intramolecular Hbond substituents is 2. The molecule has 52 heavy (non-hydrogen) atoms. The smallest absolute Gasteiger partial charge is 0.294 e. The summed E-state index contributed by atoms with van der Waals surface area (Å²) in [5, 5.41) is 22.5. The van der Waals surface area contributed by atoms with E-state index >= 15 is 0 Å². The van der Waals surface area contributed by atoms with Crippen LogP contribution < -0.4 is 0 Å². The first-order valence-corrected chi connectivity index (χ1v) is 19.5. The number of hydrogen-bond acceptors (Lipinski definition) is 6. The van der Waals surface area contributed by atoms with Gasteiger partial charge in [0.2, 0.25) is 0 Å². The van der Waals surface area contributed by atoms with Gasteiger partial charge in [0.1, 0.15) is 11.5 Å². The molecule has 289 valence electrons. The van der Waals surface area contributed by atoms with E-state index in [-0.39, 0.29) is 55.4 Å². The van der Waals surface area contributed by atoms with Gasteiger partial charge in [0.15, 0.2) is 0 Å². The standard InChI is InChI=1S/C36H54N2O2.C7H8O3S.Co/c1-33(2,3)25-17-23(31(39)27(19-25)35(7,8)9)21-37-29-15-13-14-16-30(29)38-22-24-18-26(34(4,5)6)20-28(32(24)40)36(10,11)12;1-6-2-4-7(5-3-6)11(8,9)10;/h17-22,29-30,39-40H,13-16H2,1-12H3;2-5H,1H3,(H,8,9,10);/t29-,30-;;/m0../s1. The molecule has 3 N–H and O–H groups in total. The zero-order valence-corrected chi connectivity index (χ0v) is 35.4. The van der Waals surface area contributed by atoms with E-state index in [1.807, 2.05) is 19.4 Å². The Kier molecular flexibility index (Phi) is 14.8. The molecule has 7 nitrogen and oxygen atoms in total. The fraction of sp³-hybridized carbons (Fsp3) is 0.535. The maximum atomic E-state index is 11.2. The van der Waals surface area contributed by atoms with Crippen LogP contribution in [0.15, 0.2) is 63.4 Å². The van der Waals surface area contributed by atoms with Gasteiger partial charge in [0.25, 0.3) is 10.1 Å². The van der Waals surface area contributed by atoms with Gasteiger partial charge in [-0.25, -0.2) is 0 Å². The third kappa shape index (κ3) is 12.3. The quantitative estimate of drug-likeness (QED) is 0.176. The third-order valence-electron chi connectivity index (χ3n) is 9.45. The van der Waals surface area contributed by atoms with Crippen LogP contribution in [0.25, 0.3) is 0 Å². The Balaban J connectivity index is 0.000000666. The van der Waals surface area contributed by atoms with Gasteiger partial charge in [-0.15, -0.1) is 0 Å². The SMILES string of the molecule is CC(C)(C)c1cc(C=N[C@H]2CCCC[C@@H]2N=Cc2cc(C(C)(C)C)cc(C(C)(C)C)c2O)c(O)c(C(C)(C)C)c1.Cc1ccc(S(=O)(=O)O)cc1.[Co]. The van der Waals surface area contributed by atoms with Crippen molar-refractivity contribution < 1.29 is 40.0 Å². The van der Waals surface area contributed by atoms with Crippen LogP contribution >= 0.6 is 0 Å². The van der Waals surface area contributed by atoms with Crippen LogP contribution in [0.2, 0.25) is 0 Å². The molecule has 1 radical (unpaired) electrons. The van der Waals surface area contributed by atoms with Gasteiger partial charge in [-0.05, 0) is 76.8 Å². The Bertz CT molecular complexity index is 1740. The van der Waals surface area contributed by atoms with Crippen molar-refractivity contribution in [3.8, 4) is 11.5 Å². The molecule has 3 aromatic carbocycles. The molecule has 1 aliphatic carbocycles. The van der Waals surface area contributed by atoms with E-state index in [0.29, 0.717) is 11.5 Å². The van der Waals surface area contributed by atoms with E-state index < -0.39 is 10.1 Å². The summed E-state index contributed by atoms with van der Waals surface area (Å²) >= 11 is 0. The van der Waals surface area contributed by atoms with Crippen molar-refractivity contribution in [2.45, 2.75) is 154 Å². The molecule has 4 rings (SSSR count). The molecule has 0 unspecified atom stereocenters. The zero-order valence-electron chi connectivity index (χ0n) is 33.6. The third-order valence-corrected chi connectivity index (χ3v) is 10.3. The molecule has 9 heteroatoms. The Morgan fingerprint density at radius 1 is 0.615 bits per heavy atom. The zero-order chi connectivity index (χ0) is 38.7. The minimum Gasteiger partial charge on any atom is -0.507 e. The number of rotatable bonds is 5. The predicted molar refractivity (Wildman–Crippen MR) is 213 cm³/mol. The fourth-order valence-electron chi connectivity index (χ4n) is 6.02. The normalized spacial score (nSPS) is 17.5. The van der Waals surface area contributed by atoms with Crippen molar-refractivity contribution in [2.75, 3.05) is 0 Å². The second-order valence-electron chi connectivity index (χ2n) is 18.2. The Hall–Kier alpha value is -2.98. The summed E-state index contributed by atoms with van der Waals surface area (Å²) < 4.78 is 29.6. The van der Waals surface area contributed by atoms with Gasteiger partial charge in [0.05, 0.1) is 17.0 Å². The number of aryl methyl sites for hydroxylation is 1. The van der Waals surface area contributed by atoms with Gasteiger partial charge in [-0.2, -0.15) is 8.42 Å². The van der Waals surface area contributed by atoms with Crippen molar-refractivity contribution in [1.82, 2.24) is 0 Å². The van der Waals surface area contributed by atoms with Gasteiger partial charge in [-0.3, -0.25) is 14.5 Å². The molecule has 0 amide bonds. The predicted octanol–water partition coefficient (Wildman–Crippen LogP) is 10.4. The van der Waals surface area contributed by atoms with Gasteiger partial charge in [-0.1, -0.05) is 126 Å². The van der Waals surface area contributed by atoms with Gasteiger partial charge < -0.3 is 10.2 Å². The van der Waals surface area contributed by atoms with Crippen LogP contribution in [-0.2, 0) is 48.6 Å². The number of aromatic hydroxyl groups is 2. The maximum absolute atomic E-state index is 11.2. The summed E-state index contributed by atoms with van der Waals surface area (Å²) in [6.45, 7) is 27.9. The van der Waals surface area contributed by atoms with Gasteiger partial charge in [0, 0.05) is 51.5 Å². The average Bonchev–Trinajstić information content (AvgIpc) is 2.98. The molecule has 0 heterocycles. The number of benzene rings is 3. The summed E-state index contributed by atoms with van der Waals surface area (Å²) in [4.78, 5) is 9.99. The van der Waals surface area contributed by atoms with E-state index in [2.05, 4.69) is 107 Å². The van der Waals surface area contributed by atoms with E-state index in [1.54, 1.807) is 12.1 Å². The molecule has 0 aromatic heterocycles. The van der Waals surface area contributed by atoms with E-state index in [9.17, 15) is 18.6 Å². The second kappa shape index (κ2) is 17.0. The first-order valence-electron chi connectivity index (χ1n) is 18.1. The molecule has 1 fully saturated rings. The van der Waals surface area contributed by atoms with Crippen LogP contribution in [-0.4, -0.2) is 47.7 Å². The largest absolute Gasteiger partial charge is 0.507 e. The van der Waals surface area contributed by atoms with Crippen molar-refractivity contribution in [3.05, 3.63) is 87.5 Å².